The number of amides is 1. The summed E-state index contributed by atoms with van der Waals surface area (Å²) < 4.78 is 7.13. The Bertz CT molecular complexity index is 1460. The fourth-order valence-electron chi connectivity index (χ4n) is 3.62. The van der Waals surface area contributed by atoms with Crippen LogP contribution in [0, 0.1) is 13.8 Å². The summed E-state index contributed by atoms with van der Waals surface area (Å²) >= 11 is 0. The Morgan fingerprint density at radius 2 is 2.09 bits per heavy atom. The second-order valence-electron chi connectivity index (χ2n) is 7.74. The lowest BCUT2D eigenvalue weighted by Gasteiger charge is -2.07. The number of rotatable bonds is 6. The molecule has 5 aromatic rings. The van der Waals surface area contributed by atoms with Gasteiger partial charge in [0.2, 0.25) is 5.95 Å². The highest BCUT2D eigenvalue weighted by molar-refractivity contribution is 5.91. The molecule has 5 rings (SSSR count). The van der Waals surface area contributed by atoms with Crippen LogP contribution in [0.5, 0.6) is 0 Å². The number of oxazole rings is 1. The molecule has 0 aliphatic carbocycles. The van der Waals surface area contributed by atoms with E-state index in [0.717, 1.165) is 33.5 Å². The van der Waals surface area contributed by atoms with E-state index in [9.17, 15) is 4.79 Å². The van der Waals surface area contributed by atoms with E-state index in [1.807, 2.05) is 45.2 Å². The summed E-state index contributed by atoms with van der Waals surface area (Å²) in [6.07, 6.45) is 4.79. The number of H-pyrrole nitrogens is 1. The first-order valence-electron chi connectivity index (χ1n) is 10.4. The number of aromatic nitrogens is 6. The molecule has 1 aromatic carbocycles. The molecule has 0 saturated heterocycles. The largest absolute Gasteiger partial charge is 0.440 e. The Balaban J connectivity index is 1.33. The van der Waals surface area contributed by atoms with Crippen LogP contribution in [0.25, 0.3) is 22.3 Å². The SMILES string of the molecule is Cc1cc2cccc(CNC(=O)c3nc(-c4nc(Nc5ccnn5C)ncc4C)co3)c2[nH]1. The average Bonchev–Trinajstić information content (AvgIpc) is 3.53. The number of fused-ring (bicyclic) bond motifs is 1. The smallest absolute Gasteiger partial charge is 0.307 e. The lowest BCUT2D eigenvalue weighted by Crippen LogP contribution is -2.23. The first-order valence-corrected chi connectivity index (χ1v) is 10.4. The van der Waals surface area contributed by atoms with E-state index in [2.05, 4.69) is 41.7 Å². The van der Waals surface area contributed by atoms with Crippen LogP contribution in [-0.4, -0.2) is 35.6 Å². The second-order valence-corrected chi connectivity index (χ2v) is 7.74. The third-order valence-electron chi connectivity index (χ3n) is 5.29. The van der Waals surface area contributed by atoms with Gasteiger partial charge in [-0.25, -0.2) is 15.0 Å². The predicted octanol–water partition coefficient (Wildman–Crippen LogP) is 3.64. The van der Waals surface area contributed by atoms with Gasteiger partial charge < -0.3 is 20.0 Å². The van der Waals surface area contributed by atoms with Gasteiger partial charge in [-0.3, -0.25) is 9.48 Å². The summed E-state index contributed by atoms with van der Waals surface area (Å²) in [7, 11) is 1.82. The summed E-state index contributed by atoms with van der Waals surface area (Å²) in [4.78, 5) is 29.2. The highest BCUT2D eigenvalue weighted by atomic mass is 16.4. The summed E-state index contributed by atoms with van der Waals surface area (Å²) in [5, 5.41) is 11.2. The van der Waals surface area contributed by atoms with Crippen molar-refractivity contribution in [1.82, 2.24) is 35.0 Å². The maximum absolute atomic E-state index is 12.7. The number of aromatic amines is 1. The zero-order valence-corrected chi connectivity index (χ0v) is 18.4. The predicted molar refractivity (Wildman–Crippen MR) is 123 cm³/mol. The Labute approximate surface area is 189 Å². The van der Waals surface area contributed by atoms with Crippen LogP contribution in [0.15, 0.2) is 53.4 Å². The van der Waals surface area contributed by atoms with Gasteiger partial charge >= 0.3 is 5.91 Å². The second kappa shape index (κ2) is 8.23. The number of aryl methyl sites for hydroxylation is 3. The van der Waals surface area contributed by atoms with Crippen molar-refractivity contribution < 1.29 is 9.21 Å². The number of anilines is 2. The van der Waals surface area contributed by atoms with Gasteiger partial charge in [0.25, 0.3) is 5.89 Å². The molecular weight excluding hydrogens is 420 g/mol. The zero-order chi connectivity index (χ0) is 22.9. The van der Waals surface area contributed by atoms with Crippen molar-refractivity contribution in [3.8, 4) is 11.4 Å². The Hall–Kier alpha value is -4.47. The lowest BCUT2D eigenvalue weighted by molar-refractivity contribution is 0.0916. The van der Waals surface area contributed by atoms with Gasteiger partial charge in [0.15, 0.2) is 0 Å². The van der Waals surface area contributed by atoms with Gasteiger partial charge in [-0.2, -0.15) is 5.10 Å². The van der Waals surface area contributed by atoms with Crippen LogP contribution in [0.2, 0.25) is 0 Å². The van der Waals surface area contributed by atoms with Crippen LogP contribution < -0.4 is 10.6 Å². The van der Waals surface area contributed by atoms with Crippen LogP contribution in [0.1, 0.15) is 27.5 Å². The number of benzene rings is 1. The quantitative estimate of drug-likeness (QED) is 0.366. The van der Waals surface area contributed by atoms with Crippen molar-refractivity contribution >= 4 is 28.6 Å². The summed E-state index contributed by atoms with van der Waals surface area (Å²) in [6, 6.07) is 9.86. The Kier molecular flexibility index (Phi) is 5.09. The number of nitrogens with one attached hydrogen (secondary N) is 3. The fourth-order valence-corrected chi connectivity index (χ4v) is 3.62. The molecule has 10 heteroatoms. The lowest BCUT2D eigenvalue weighted by atomic mass is 10.1. The number of hydrogen-bond donors (Lipinski definition) is 3. The van der Waals surface area contributed by atoms with E-state index in [4.69, 9.17) is 4.42 Å². The van der Waals surface area contributed by atoms with Crippen molar-refractivity contribution in [3.05, 3.63) is 71.7 Å². The highest BCUT2D eigenvalue weighted by Crippen LogP contribution is 2.23. The van der Waals surface area contributed by atoms with Gasteiger partial charge in [0, 0.05) is 31.5 Å². The van der Waals surface area contributed by atoms with Crippen molar-refractivity contribution in [2.75, 3.05) is 5.32 Å². The minimum absolute atomic E-state index is 0.0287. The number of hydrogen-bond acceptors (Lipinski definition) is 7. The molecule has 0 fully saturated rings. The molecular formula is C23H22N8O2. The molecule has 1 amide bonds. The van der Waals surface area contributed by atoms with Crippen LogP contribution in [-0.2, 0) is 13.6 Å². The first kappa shape index (κ1) is 20.4. The van der Waals surface area contributed by atoms with Crippen molar-refractivity contribution in [2.24, 2.45) is 7.05 Å². The van der Waals surface area contributed by atoms with E-state index in [1.54, 1.807) is 17.1 Å². The van der Waals surface area contributed by atoms with E-state index in [-0.39, 0.29) is 5.89 Å². The van der Waals surface area contributed by atoms with Gasteiger partial charge in [0.1, 0.15) is 23.5 Å². The van der Waals surface area contributed by atoms with Gasteiger partial charge in [-0.1, -0.05) is 18.2 Å². The van der Waals surface area contributed by atoms with Crippen LogP contribution in [0.3, 0.4) is 0 Å². The number of nitrogens with zero attached hydrogens (tertiary/aromatic N) is 5. The molecule has 0 aliphatic heterocycles. The molecule has 0 radical (unpaired) electrons. The minimum Gasteiger partial charge on any atom is -0.440 e. The van der Waals surface area contributed by atoms with Crippen molar-refractivity contribution in [3.63, 3.8) is 0 Å². The number of carbonyl (C=O) groups excluding carboxylic acids is 1. The highest BCUT2D eigenvalue weighted by Gasteiger charge is 2.17. The average molecular weight is 442 g/mol. The summed E-state index contributed by atoms with van der Waals surface area (Å²) in [5.74, 6) is 0.709. The number of para-hydroxylation sites is 1. The standard InChI is InChI=1S/C23H22N8O2/c1-13-10-25-23(29-18-7-8-26-31(18)3)30-19(13)17-12-33-22(28-17)21(32)24-11-16-6-4-5-15-9-14(2)27-20(15)16/h4-10,12,27H,11H2,1-3H3,(H,24,32)(H,25,29,30). The fraction of sp³-hybridized carbons (Fsp3) is 0.174. The molecule has 0 saturated carbocycles. The van der Waals surface area contributed by atoms with E-state index in [1.165, 1.54) is 6.26 Å². The molecule has 0 aliphatic rings. The minimum atomic E-state index is -0.401. The van der Waals surface area contributed by atoms with Gasteiger partial charge in [-0.15, -0.1) is 0 Å². The van der Waals surface area contributed by atoms with Gasteiger partial charge in [-0.05, 0) is 36.4 Å². The topological polar surface area (TPSA) is 127 Å². The monoisotopic (exact) mass is 442 g/mol. The molecule has 0 spiro atoms. The Morgan fingerprint density at radius 3 is 2.91 bits per heavy atom. The molecule has 0 bridgehead atoms. The molecule has 0 unspecified atom stereocenters. The first-order chi connectivity index (χ1) is 16.0. The van der Waals surface area contributed by atoms with Gasteiger partial charge in [0.05, 0.1) is 11.7 Å². The maximum Gasteiger partial charge on any atom is 0.307 e. The van der Waals surface area contributed by atoms with E-state index >= 15 is 0 Å². The molecule has 10 nitrogen and oxygen atoms in total. The third-order valence-corrected chi connectivity index (χ3v) is 5.29. The molecule has 4 heterocycles. The number of carbonyl (C=O) groups is 1. The molecule has 0 atom stereocenters. The van der Waals surface area contributed by atoms with E-state index < -0.39 is 5.91 Å². The zero-order valence-electron chi connectivity index (χ0n) is 18.4. The normalized spacial score (nSPS) is 11.1. The van der Waals surface area contributed by atoms with Crippen LogP contribution >= 0.6 is 0 Å². The van der Waals surface area contributed by atoms with E-state index in [0.29, 0.717) is 23.9 Å². The molecule has 166 valence electrons. The Morgan fingerprint density at radius 1 is 1.21 bits per heavy atom. The summed E-state index contributed by atoms with van der Waals surface area (Å²) in [6.45, 7) is 4.22. The van der Waals surface area contributed by atoms with Crippen molar-refractivity contribution in [2.45, 2.75) is 20.4 Å². The molecule has 4 aromatic heterocycles. The third kappa shape index (κ3) is 4.05. The van der Waals surface area contributed by atoms with Crippen LogP contribution in [0.4, 0.5) is 11.8 Å². The molecule has 33 heavy (non-hydrogen) atoms. The molecule has 3 N–H and O–H groups in total. The van der Waals surface area contributed by atoms with Crippen molar-refractivity contribution in [1.29, 1.82) is 0 Å². The summed E-state index contributed by atoms with van der Waals surface area (Å²) in [5.41, 5.74) is 4.89. The maximum atomic E-state index is 12.7.